The SMILES string of the molecule is CC[C@@H](NC(=O)[C@H](C)N(c1ccc(F)cc1)S(C)(=O)=O)c1ccc(C)cc1. The highest BCUT2D eigenvalue weighted by molar-refractivity contribution is 7.92. The summed E-state index contributed by atoms with van der Waals surface area (Å²) < 4.78 is 38.8. The predicted molar refractivity (Wildman–Crippen MR) is 106 cm³/mol. The molecule has 146 valence electrons. The Morgan fingerprint density at radius 3 is 2.15 bits per heavy atom. The van der Waals surface area contributed by atoms with Crippen molar-refractivity contribution in [1.82, 2.24) is 5.32 Å². The van der Waals surface area contributed by atoms with Gasteiger partial charge in [-0.2, -0.15) is 0 Å². The van der Waals surface area contributed by atoms with Gasteiger partial charge in [0.1, 0.15) is 11.9 Å². The van der Waals surface area contributed by atoms with Crippen LogP contribution >= 0.6 is 0 Å². The Morgan fingerprint density at radius 1 is 1.11 bits per heavy atom. The zero-order chi connectivity index (χ0) is 20.2. The number of carbonyl (C=O) groups is 1. The second-order valence-corrected chi connectivity index (χ2v) is 8.45. The van der Waals surface area contributed by atoms with Crippen LogP contribution in [0.2, 0.25) is 0 Å². The molecule has 0 aromatic heterocycles. The van der Waals surface area contributed by atoms with Crippen molar-refractivity contribution in [3.8, 4) is 0 Å². The Balaban J connectivity index is 2.26. The van der Waals surface area contributed by atoms with Gasteiger partial charge in [-0.05, 0) is 50.1 Å². The molecule has 0 aliphatic rings. The summed E-state index contributed by atoms with van der Waals surface area (Å²) in [6.07, 6.45) is 1.69. The zero-order valence-corrected chi connectivity index (χ0v) is 16.8. The first-order valence-corrected chi connectivity index (χ1v) is 10.6. The van der Waals surface area contributed by atoms with Crippen molar-refractivity contribution >= 4 is 21.6 Å². The minimum Gasteiger partial charge on any atom is -0.347 e. The fourth-order valence-corrected chi connectivity index (χ4v) is 4.08. The molecule has 2 atom stereocenters. The summed E-state index contributed by atoms with van der Waals surface area (Å²) in [5.41, 5.74) is 2.31. The Morgan fingerprint density at radius 2 is 1.67 bits per heavy atom. The molecule has 2 rings (SSSR count). The van der Waals surface area contributed by atoms with E-state index in [2.05, 4.69) is 5.32 Å². The summed E-state index contributed by atoms with van der Waals surface area (Å²) >= 11 is 0. The maximum absolute atomic E-state index is 13.2. The highest BCUT2D eigenvalue weighted by Crippen LogP contribution is 2.23. The van der Waals surface area contributed by atoms with Gasteiger partial charge in [0, 0.05) is 0 Å². The number of sulfonamides is 1. The molecule has 0 aliphatic carbocycles. The van der Waals surface area contributed by atoms with Gasteiger partial charge in [0.2, 0.25) is 15.9 Å². The summed E-state index contributed by atoms with van der Waals surface area (Å²) in [7, 11) is -3.74. The molecular weight excluding hydrogens is 367 g/mol. The summed E-state index contributed by atoms with van der Waals surface area (Å²) in [6, 6.07) is 11.6. The van der Waals surface area contributed by atoms with E-state index in [9.17, 15) is 17.6 Å². The number of hydrogen-bond acceptors (Lipinski definition) is 3. The smallest absolute Gasteiger partial charge is 0.244 e. The highest BCUT2D eigenvalue weighted by atomic mass is 32.2. The first kappa shape index (κ1) is 20.9. The fraction of sp³-hybridized carbons (Fsp3) is 0.350. The summed E-state index contributed by atoms with van der Waals surface area (Å²) in [5.74, 6) is -0.896. The van der Waals surface area contributed by atoms with Crippen LogP contribution in [-0.2, 0) is 14.8 Å². The van der Waals surface area contributed by atoms with Crippen LogP contribution in [0.5, 0.6) is 0 Å². The number of amides is 1. The number of rotatable bonds is 7. The average molecular weight is 392 g/mol. The van der Waals surface area contributed by atoms with Crippen molar-refractivity contribution in [2.45, 2.75) is 39.3 Å². The van der Waals surface area contributed by atoms with E-state index in [0.29, 0.717) is 6.42 Å². The van der Waals surface area contributed by atoms with Crippen molar-refractivity contribution in [1.29, 1.82) is 0 Å². The van der Waals surface area contributed by atoms with Gasteiger partial charge in [-0.25, -0.2) is 12.8 Å². The van der Waals surface area contributed by atoms with Crippen molar-refractivity contribution < 1.29 is 17.6 Å². The first-order chi connectivity index (χ1) is 12.6. The standard InChI is InChI=1S/C20H25FN2O3S/c1-5-19(16-8-6-14(2)7-9-16)22-20(24)15(3)23(27(4,25)26)18-12-10-17(21)11-13-18/h6-13,15,19H,5H2,1-4H3,(H,22,24)/t15-,19+/m0/s1. The van der Waals surface area contributed by atoms with Crippen LogP contribution in [0.4, 0.5) is 10.1 Å². The van der Waals surface area contributed by atoms with Crippen molar-refractivity contribution in [3.05, 3.63) is 65.5 Å². The van der Waals surface area contributed by atoms with Gasteiger partial charge in [0.15, 0.2) is 0 Å². The Bertz CT molecular complexity index is 880. The van der Waals surface area contributed by atoms with Gasteiger partial charge >= 0.3 is 0 Å². The number of anilines is 1. The molecule has 2 aromatic rings. The minimum atomic E-state index is -3.74. The molecule has 0 unspecified atom stereocenters. The van der Waals surface area contributed by atoms with E-state index in [-0.39, 0.29) is 11.7 Å². The van der Waals surface area contributed by atoms with Crippen molar-refractivity contribution in [2.24, 2.45) is 0 Å². The Labute approximate surface area is 160 Å². The predicted octanol–water partition coefficient (Wildman–Crippen LogP) is 3.56. The van der Waals surface area contributed by atoms with Crippen LogP contribution in [0, 0.1) is 12.7 Å². The third-order valence-electron chi connectivity index (χ3n) is 4.37. The maximum Gasteiger partial charge on any atom is 0.244 e. The van der Waals surface area contributed by atoms with Crippen LogP contribution in [-0.4, -0.2) is 26.6 Å². The lowest BCUT2D eigenvalue weighted by molar-refractivity contribution is -0.122. The lowest BCUT2D eigenvalue weighted by Crippen LogP contribution is -2.48. The summed E-state index contributed by atoms with van der Waals surface area (Å²) in [4.78, 5) is 12.8. The van der Waals surface area contributed by atoms with Crippen LogP contribution in [0.25, 0.3) is 0 Å². The van der Waals surface area contributed by atoms with E-state index in [1.165, 1.54) is 31.2 Å². The van der Waals surface area contributed by atoms with Gasteiger partial charge in [-0.3, -0.25) is 9.10 Å². The number of carbonyl (C=O) groups excluding carboxylic acids is 1. The van der Waals surface area contributed by atoms with Crippen LogP contribution in [0.1, 0.15) is 37.4 Å². The molecule has 0 bridgehead atoms. The Kier molecular flexibility index (Phi) is 6.59. The van der Waals surface area contributed by atoms with Gasteiger partial charge < -0.3 is 5.32 Å². The topological polar surface area (TPSA) is 66.5 Å². The van der Waals surface area contributed by atoms with Gasteiger partial charge in [0.05, 0.1) is 18.0 Å². The second-order valence-electron chi connectivity index (χ2n) is 6.59. The van der Waals surface area contributed by atoms with Crippen molar-refractivity contribution in [3.63, 3.8) is 0 Å². The highest BCUT2D eigenvalue weighted by Gasteiger charge is 2.30. The van der Waals surface area contributed by atoms with Crippen molar-refractivity contribution in [2.75, 3.05) is 10.6 Å². The van der Waals surface area contributed by atoms with Gasteiger partial charge in [-0.1, -0.05) is 36.8 Å². The lowest BCUT2D eigenvalue weighted by Gasteiger charge is -2.29. The molecule has 5 nitrogen and oxygen atoms in total. The fourth-order valence-electron chi connectivity index (χ4n) is 2.91. The second kappa shape index (κ2) is 8.52. The summed E-state index contributed by atoms with van der Waals surface area (Å²) in [6.45, 7) is 5.45. The third-order valence-corrected chi connectivity index (χ3v) is 5.62. The minimum absolute atomic E-state index is 0.227. The molecule has 0 aliphatic heterocycles. The largest absolute Gasteiger partial charge is 0.347 e. The van der Waals surface area contributed by atoms with Crippen LogP contribution in [0.15, 0.2) is 48.5 Å². The maximum atomic E-state index is 13.2. The first-order valence-electron chi connectivity index (χ1n) is 8.75. The molecule has 0 radical (unpaired) electrons. The van der Waals surface area contributed by atoms with E-state index in [1.807, 2.05) is 38.1 Å². The van der Waals surface area contributed by atoms with Gasteiger partial charge in [0.25, 0.3) is 0 Å². The molecule has 7 heteroatoms. The number of benzene rings is 2. The number of nitrogens with one attached hydrogen (secondary N) is 1. The molecule has 0 heterocycles. The molecular formula is C20H25FN2O3S. The van der Waals surface area contributed by atoms with E-state index < -0.39 is 27.8 Å². The van der Waals surface area contributed by atoms with E-state index in [4.69, 9.17) is 0 Å². The Hall–Kier alpha value is -2.41. The molecule has 2 aromatic carbocycles. The monoisotopic (exact) mass is 392 g/mol. The number of hydrogen-bond donors (Lipinski definition) is 1. The molecule has 27 heavy (non-hydrogen) atoms. The summed E-state index contributed by atoms with van der Waals surface area (Å²) in [5, 5.41) is 2.92. The third kappa shape index (κ3) is 5.29. The van der Waals surface area contributed by atoms with E-state index >= 15 is 0 Å². The van der Waals surface area contributed by atoms with Gasteiger partial charge in [-0.15, -0.1) is 0 Å². The van der Waals surface area contributed by atoms with Crippen LogP contribution in [0.3, 0.4) is 0 Å². The molecule has 0 spiro atoms. The molecule has 1 amide bonds. The molecule has 1 N–H and O–H groups in total. The zero-order valence-electron chi connectivity index (χ0n) is 15.9. The van der Waals surface area contributed by atoms with E-state index in [1.54, 1.807) is 0 Å². The number of nitrogens with zero attached hydrogens (tertiary/aromatic N) is 1. The van der Waals surface area contributed by atoms with E-state index in [0.717, 1.165) is 21.7 Å². The quantitative estimate of drug-likeness (QED) is 0.784. The lowest BCUT2D eigenvalue weighted by atomic mass is 10.0. The molecule has 0 saturated heterocycles. The average Bonchev–Trinajstić information content (AvgIpc) is 2.61. The number of halogens is 1. The van der Waals surface area contributed by atoms with Crippen LogP contribution < -0.4 is 9.62 Å². The molecule has 0 saturated carbocycles. The number of aryl methyl sites for hydroxylation is 1. The normalized spacial score (nSPS) is 13.7. The molecule has 0 fully saturated rings.